The molecule has 0 amide bonds. The van der Waals surface area contributed by atoms with E-state index in [1.165, 1.54) is 0 Å². The molecule has 0 aromatic carbocycles. The van der Waals surface area contributed by atoms with E-state index in [2.05, 4.69) is 15.3 Å². The maximum Gasteiger partial charge on any atom is 0.223 e. The van der Waals surface area contributed by atoms with Gasteiger partial charge in [-0.2, -0.15) is 4.98 Å². The number of hydrogen-bond acceptors (Lipinski definition) is 5. The zero-order valence-electron chi connectivity index (χ0n) is 8.79. The van der Waals surface area contributed by atoms with Gasteiger partial charge in [0.05, 0.1) is 12.1 Å². The first-order chi connectivity index (χ1) is 6.99. The average Bonchev–Trinajstić information content (AvgIpc) is 2.16. The molecular formula is C9H15ClN4O. The largest absolute Gasteiger partial charge is 0.394 e. The van der Waals surface area contributed by atoms with Crippen LogP contribution in [-0.4, -0.2) is 27.2 Å². The summed E-state index contributed by atoms with van der Waals surface area (Å²) in [5.41, 5.74) is 5.03. The summed E-state index contributed by atoms with van der Waals surface area (Å²) in [6.45, 7) is 3.86. The molecule has 0 saturated carbocycles. The van der Waals surface area contributed by atoms with Crippen molar-refractivity contribution in [2.24, 2.45) is 0 Å². The van der Waals surface area contributed by atoms with Crippen molar-refractivity contribution in [3.8, 4) is 0 Å². The summed E-state index contributed by atoms with van der Waals surface area (Å²) < 4.78 is 0. The van der Waals surface area contributed by atoms with Crippen LogP contribution < -0.4 is 11.1 Å². The topological polar surface area (TPSA) is 84.1 Å². The Morgan fingerprint density at radius 3 is 2.73 bits per heavy atom. The van der Waals surface area contributed by atoms with Crippen LogP contribution in [0, 0.1) is 0 Å². The smallest absolute Gasteiger partial charge is 0.223 e. The molecule has 1 unspecified atom stereocenters. The summed E-state index contributed by atoms with van der Waals surface area (Å²) in [5, 5.41) is 12.6. The summed E-state index contributed by atoms with van der Waals surface area (Å²) in [7, 11) is 0. The molecule has 15 heavy (non-hydrogen) atoms. The Hall–Kier alpha value is -1.07. The third-order valence-corrected chi connectivity index (χ3v) is 2.46. The van der Waals surface area contributed by atoms with E-state index in [9.17, 15) is 5.11 Å². The minimum absolute atomic E-state index is 0.00499. The molecule has 4 N–H and O–H groups in total. The molecule has 0 saturated heterocycles. The standard InChI is InChI=1S/C9H15ClN4O/c1-3-9(2,5-15)14-7-4-6(10)12-8(11)13-7/h4,15H,3,5H2,1-2H3,(H3,11,12,13,14). The third kappa shape index (κ3) is 3.21. The molecule has 84 valence electrons. The summed E-state index contributed by atoms with van der Waals surface area (Å²) >= 11 is 5.73. The number of hydrogen-bond donors (Lipinski definition) is 3. The van der Waals surface area contributed by atoms with Crippen LogP contribution in [0.2, 0.25) is 5.15 Å². The van der Waals surface area contributed by atoms with Gasteiger partial charge in [-0.05, 0) is 13.3 Å². The van der Waals surface area contributed by atoms with Gasteiger partial charge in [-0.1, -0.05) is 18.5 Å². The molecule has 1 atom stereocenters. The van der Waals surface area contributed by atoms with Crippen LogP contribution in [0.5, 0.6) is 0 Å². The average molecular weight is 231 g/mol. The monoisotopic (exact) mass is 230 g/mol. The molecule has 0 aliphatic rings. The molecule has 0 spiro atoms. The molecule has 0 radical (unpaired) electrons. The lowest BCUT2D eigenvalue weighted by Gasteiger charge is -2.27. The van der Waals surface area contributed by atoms with Crippen molar-refractivity contribution in [2.45, 2.75) is 25.8 Å². The van der Waals surface area contributed by atoms with Crippen LogP contribution in [-0.2, 0) is 0 Å². The minimum Gasteiger partial charge on any atom is -0.394 e. The fraction of sp³-hybridized carbons (Fsp3) is 0.556. The summed E-state index contributed by atoms with van der Waals surface area (Å²) in [6.07, 6.45) is 0.755. The number of aromatic nitrogens is 2. The summed E-state index contributed by atoms with van der Waals surface area (Å²) in [4.78, 5) is 7.72. The molecule has 0 aliphatic heterocycles. The fourth-order valence-electron chi connectivity index (χ4n) is 1.05. The summed E-state index contributed by atoms with van der Waals surface area (Å²) in [6, 6.07) is 1.57. The molecular weight excluding hydrogens is 216 g/mol. The molecule has 6 heteroatoms. The first-order valence-corrected chi connectivity index (χ1v) is 5.06. The van der Waals surface area contributed by atoms with E-state index in [4.69, 9.17) is 17.3 Å². The van der Waals surface area contributed by atoms with Gasteiger partial charge in [-0.25, -0.2) is 4.98 Å². The Bertz CT molecular complexity index is 321. The number of halogens is 1. The van der Waals surface area contributed by atoms with Crippen LogP contribution in [0.15, 0.2) is 6.07 Å². The van der Waals surface area contributed by atoms with Crippen molar-refractivity contribution in [1.82, 2.24) is 9.97 Å². The van der Waals surface area contributed by atoms with E-state index in [1.54, 1.807) is 6.07 Å². The minimum atomic E-state index is -0.426. The second kappa shape index (κ2) is 4.63. The van der Waals surface area contributed by atoms with Crippen molar-refractivity contribution >= 4 is 23.4 Å². The first-order valence-electron chi connectivity index (χ1n) is 4.68. The highest BCUT2D eigenvalue weighted by molar-refractivity contribution is 6.29. The number of rotatable bonds is 4. The van der Waals surface area contributed by atoms with Gasteiger partial charge >= 0.3 is 0 Å². The number of nitrogen functional groups attached to an aromatic ring is 1. The summed E-state index contributed by atoms with van der Waals surface area (Å²) in [5.74, 6) is 0.632. The second-order valence-electron chi connectivity index (χ2n) is 3.63. The zero-order valence-corrected chi connectivity index (χ0v) is 9.54. The molecule has 1 heterocycles. The Morgan fingerprint density at radius 2 is 2.27 bits per heavy atom. The Morgan fingerprint density at radius 1 is 1.60 bits per heavy atom. The normalized spacial score (nSPS) is 14.7. The van der Waals surface area contributed by atoms with E-state index < -0.39 is 5.54 Å². The number of nitrogens with zero attached hydrogens (tertiary/aromatic N) is 2. The molecule has 1 rings (SSSR count). The fourth-order valence-corrected chi connectivity index (χ4v) is 1.24. The molecule has 1 aromatic heterocycles. The maximum absolute atomic E-state index is 9.22. The predicted octanol–water partition coefficient (Wildman–Crippen LogP) is 1.29. The van der Waals surface area contributed by atoms with Gasteiger partial charge in [-0.3, -0.25) is 0 Å². The van der Waals surface area contributed by atoms with Crippen molar-refractivity contribution in [3.05, 3.63) is 11.2 Å². The second-order valence-corrected chi connectivity index (χ2v) is 4.02. The maximum atomic E-state index is 9.22. The van der Waals surface area contributed by atoms with Crippen LogP contribution in [0.4, 0.5) is 11.8 Å². The van der Waals surface area contributed by atoms with Gasteiger partial charge in [0.15, 0.2) is 0 Å². The lowest BCUT2D eigenvalue weighted by atomic mass is 10.0. The van der Waals surface area contributed by atoms with Crippen LogP contribution in [0.1, 0.15) is 20.3 Å². The van der Waals surface area contributed by atoms with Gasteiger partial charge in [-0.15, -0.1) is 0 Å². The van der Waals surface area contributed by atoms with E-state index in [-0.39, 0.29) is 17.7 Å². The SMILES string of the molecule is CCC(C)(CO)Nc1cc(Cl)nc(N)n1. The zero-order chi connectivity index (χ0) is 11.5. The number of aliphatic hydroxyl groups is 1. The molecule has 5 nitrogen and oxygen atoms in total. The Balaban J connectivity index is 2.88. The van der Waals surface area contributed by atoms with Crippen LogP contribution in [0.25, 0.3) is 0 Å². The van der Waals surface area contributed by atoms with Gasteiger partial charge in [0, 0.05) is 6.07 Å². The lowest BCUT2D eigenvalue weighted by Crippen LogP contribution is -2.38. The highest BCUT2D eigenvalue weighted by Crippen LogP contribution is 2.19. The van der Waals surface area contributed by atoms with Crippen molar-refractivity contribution < 1.29 is 5.11 Å². The van der Waals surface area contributed by atoms with Gasteiger partial charge in [0.25, 0.3) is 0 Å². The molecule has 1 aromatic rings. The number of anilines is 2. The highest BCUT2D eigenvalue weighted by Gasteiger charge is 2.21. The molecule has 0 aliphatic carbocycles. The number of nitrogens with one attached hydrogen (secondary N) is 1. The van der Waals surface area contributed by atoms with Crippen molar-refractivity contribution in [2.75, 3.05) is 17.7 Å². The number of aliphatic hydroxyl groups excluding tert-OH is 1. The molecule has 0 bridgehead atoms. The van der Waals surface area contributed by atoms with E-state index in [1.807, 2.05) is 13.8 Å². The van der Waals surface area contributed by atoms with E-state index in [0.29, 0.717) is 5.82 Å². The molecule has 0 fully saturated rings. The van der Waals surface area contributed by atoms with Gasteiger partial charge < -0.3 is 16.2 Å². The Kier molecular flexibility index (Phi) is 3.71. The van der Waals surface area contributed by atoms with Gasteiger partial charge in [0.1, 0.15) is 11.0 Å². The quantitative estimate of drug-likeness (QED) is 0.679. The van der Waals surface area contributed by atoms with Crippen molar-refractivity contribution in [1.29, 1.82) is 0 Å². The highest BCUT2D eigenvalue weighted by atomic mass is 35.5. The van der Waals surface area contributed by atoms with E-state index in [0.717, 1.165) is 6.42 Å². The number of nitrogens with two attached hydrogens (primary N) is 1. The van der Waals surface area contributed by atoms with E-state index >= 15 is 0 Å². The first kappa shape index (κ1) is 12.0. The van der Waals surface area contributed by atoms with Gasteiger partial charge in [0.2, 0.25) is 5.95 Å². The van der Waals surface area contributed by atoms with Crippen LogP contribution >= 0.6 is 11.6 Å². The van der Waals surface area contributed by atoms with Crippen molar-refractivity contribution in [3.63, 3.8) is 0 Å². The van der Waals surface area contributed by atoms with Crippen LogP contribution in [0.3, 0.4) is 0 Å². The predicted molar refractivity (Wildman–Crippen MR) is 60.9 cm³/mol. The Labute approximate surface area is 93.7 Å². The lowest BCUT2D eigenvalue weighted by molar-refractivity contribution is 0.218. The third-order valence-electron chi connectivity index (χ3n) is 2.27.